The second-order valence-electron chi connectivity index (χ2n) is 16.5. The lowest BCUT2D eigenvalue weighted by atomic mass is 10.0. The third kappa shape index (κ3) is 32.9. The van der Waals surface area contributed by atoms with Crippen LogP contribution in [0.3, 0.4) is 0 Å². The van der Waals surface area contributed by atoms with Gasteiger partial charge in [0.25, 0.3) is 0 Å². The summed E-state index contributed by atoms with van der Waals surface area (Å²) in [5.41, 5.74) is 0. The predicted molar refractivity (Wildman–Crippen MR) is 215 cm³/mol. The van der Waals surface area contributed by atoms with Crippen LogP contribution in [-0.2, 0) is 37.4 Å². The van der Waals surface area contributed by atoms with E-state index in [2.05, 4.69) is 13.8 Å². The Balaban J connectivity index is 2.28. The zero-order valence-corrected chi connectivity index (χ0v) is 35.9. The molecule has 1 aliphatic heterocycles. The number of hydrogen-bond donors (Lipinski definition) is 1. The van der Waals surface area contributed by atoms with Crippen LogP contribution in [0.25, 0.3) is 0 Å². The number of likely N-dealkylation sites (N-methyl/N-ethyl adjacent to an activating group) is 1. The summed E-state index contributed by atoms with van der Waals surface area (Å²) in [6.45, 7) is 4.41. The minimum Gasteiger partial charge on any atom is -0.462 e. The minimum atomic E-state index is -4.37. The van der Waals surface area contributed by atoms with Crippen molar-refractivity contribution in [2.45, 2.75) is 212 Å². The molecule has 1 heterocycles. The first kappa shape index (κ1) is 50.0. The van der Waals surface area contributed by atoms with Gasteiger partial charge in [0, 0.05) is 12.8 Å². The summed E-state index contributed by atoms with van der Waals surface area (Å²) in [4.78, 5) is 35.4. The number of esters is 2. The van der Waals surface area contributed by atoms with Crippen LogP contribution in [0.4, 0.5) is 0 Å². The van der Waals surface area contributed by atoms with Crippen molar-refractivity contribution in [2.75, 3.05) is 47.5 Å². The molecule has 0 bridgehead atoms. The number of hydrogen-bond acceptors (Lipinski definition) is 8. The molecule has 10 nitrogen and oxygen atoms in total. The van der Waals surface area contributed by atoms with Gasteiger partial charge >= 0.3 is 19.8 Å². The molecule has 0 saturated carbocycles. The fraction of sp³-hybridized carbons (Fsp3) is 0.952. The average molecular weight is 777 g/mol. The van der Waals surface area contributed by atoms with Crippen LogP contribution in [0.1, 0.15) is 194 Å². The van der Waals surface area contributed by atoms with Gasteiger partial charge < -0.3 is 23.6 Å². The van der Waals surface area contributed by atoms with E-state index in [9.17, 15) is 19.0 Å². The maximum absolute atomic E-state index is 12.7. The van der Waals surface area contributed by atoms with Crippen molar-refractivity contribution in [1.82, 2.24) is 0 Å². The Morgan fingerprint density at radius 2 is 1.02 bits per heavy atom. The number of phosphoric ester groups is 1. The molecule has 0 aromatic rings. The monoisotopic (exact) mass is 777 g/mol. The van der Waals surface area contributed by atoms with Crippen LogP contribution >= 0.6 is 7.82 Å². The SMILES string of the molecule is CCCCCCCCCCCCCCCC(=O)OCC(COP(=O)(O)OCC[N+](C)(C)C)OC(=O)CCCCCCCC1OC1CCCCCCCC. The summed E-state index contributed by atoms with van der Waals surface area (Å²) in [5.74, 6) is -0.806. The Labute approximate surface area is 325 Å². The van der Waals surface area contributed by atoms with E-state index < -0.39 is 26.5 Å². The average Bonchev–Trinajstić information content (AvgIpc) is 3.86. The van der Waals surface area contributed by atoms with Crippen molar-refractivity contribution in [3.63, 3.8) is 0 Å². The minimum absolute atomic E-state index is 0.0311. The summed E-state index contributed by atoms with van der Waals surface area (Å²) in [5, 5.41) is 0. The van der Waals surface area contributed by atoms with Gasteiger partial charge in [-0.25, -0.2) is 4.57 Å². The normalized spacial score (nSPS) is 17.4. The van der Waals surface area contributed by atoms with Crippen molar-refractivity contribution >= 4 is 19.8 Å². The quantitative estimate of drug-likeness (QED) is 0.0214. The summed E-state index contributed by atoms with van der Waals surface area (Å²) < 4.78 is 40.2. The number of nitrogens with zero attached hydrogens (tertiary/aromatic N) is 1. The maximum atomic E-state index is 12.7. The zero-order chi connectivity index (χ0) is 39.0. The number of unbranched alkanes of at least 4 members (excludes halogenated alkanes) is 21. The Morgan fingerprint density at radius 3 is 1.47 bits per heavy atom. The molecule has 53 heavy (non-hydrogen) atoms. The molecule has 0 aliphatic carbocycles. The Bertz CT molecular complexity index is 944. The lowest BCUT2D eigenvalue weighted by Crippen LogP contribution is -2.37. The van der Waals surface area contributed by atoms with Crippen LogP contribution in [0.5, 0.6) is 0 Å². The van der Waals surface area contributed by atoms with E-state index in [-0.39, 0.29) is 25.6 Å². The number of phosphoric acid groups is 1. The number of quaternary nitrogens is 1. The van der Waals surface area contributed by atoms with E-state index in [0.29, 0.717) is 36.1 Å². The molecule has 1 N–H and O–H groups in total. The van der Waals surface area contributed by atoms with E-state index in [1.165, 1.54) is 109 Å². The van der Waals surface area contributed by atoms with E-state index in [1.807, 2.05) is 21.1 Å². The van der Waals surface area contributed by atoms with Gasteiger partial charge in [-0.3, -0.25) is 18.6 Å². The van der Waals surface area contributed by atoms with Gasteiger partial charge in [-0.05, 0) is 25.7 Å². The molecular weight excluding hydrogens is 693 g/mol. The van der Waals surface area contributed by atoms with Gasteiger partial charge in [-0.1, -0.05) is 155 Å². The van der Waals surface area contributed by atoms with Gasteiger partial charge in [0.1, 0.15) is 19.8 Å². The highest BCUT2D eigenvalue weighted by Crippen LogP contribution is 2.43. The van der Waals surface area contributed by atoms with E-state index in [4.69, 9.17) is 23.3 Å². The van der Waals surface area contributed by atoms with Crippen LogP contribution in [0, 0.1) is 0 Å². The van der Waals surface area contributed by atoms with E-state index in [1.54, 1.807) is 0 Å². The van der Waals surface area contributed by atoms with Crippen LogP contribution in [0.2, 0.25) is 0 Å². The van der Waals surface area contributed by atoms with Gasteiger partial charge in [0.15, 0.2) is 6.10 Å². The molecule has 0 radical (unpaired) electrons. The summed E-state index contributed by atoms with van der Waals surface area (Å²) in [7, 11) is 1.47. The first-order valence-corrected chi connectivity index (χ1v) is 23.4. The molecular formula is C42H83NO9P+. The van der Waals surface area contributed by atoms with Crippen molar-refractivity contribution in [2.24, 2.45) is 0 Å². The maximum Gasteiger partial charge on any atom is 0.472 e. The van der Waals surface area contributed by atoms with Crippen molar-refractivity contribution in [3.05, 3.63) is 0 Å². The standard InChI is InChI=1S/C42H82NO9P/c1-6-8-10-12-14-15-16-17-18-19-20-24-28-32-41(44)48-36-38(37-50-53(46,47)49-35-34-43(3,4)5)51-42(45)33-29-25-21-23-27-31-40-39(52-40)30-26-22-13-11-9-7-2/h38-40H,6-37H2,1-5H3/p+1. The molecule has 1 saturated heterocycles. The largest absolute Gasteiger partial charge is 0.472 e. The molecule has 11 heteroatoms. The number of ether oxygens (including phenoxy) is 3. The van der Waals surface area contributed by atoms with Crippen molar-refractivity contribution in [1.29, 1.82) is 0 Å². The lowest BCUT2D eigenvalue weighted by Gasteiger charge is -2.24. The van der Waals surface area contributed by atoms with Crippen LogP contribution < -0.4 is 0 Å². The highest BCUT2D eigenvalue weighted by molar-refractivity contribution is 7.47. The highest BCUT2D eigenvalue weighted by atomic mass is 31.2. The number of rotatable bonds is 39. The number of carbonyl (C=O) groups is 2. The van der Waals surface area contributed by atoms with Crippen molar-refractivity contribution in [3.8, 4) is 0 Å². The number of carbonyl (C=O) groups excluding carboxylic acids is 2. The summed E-state index contributed by atoms with van der Waals surface area (Å²) >= 11 is 0. The Hall–Kier alpha value is -1.03. The molecule has 1 aliphatic rings. The first-order valence-electron chi connectivity index (χ1n) is 21.9. The van der Waals surface area contributed by atoms with Crippen LogP contribution in [0.15, 0.2) is 0 Å². The highest BCUT2D eigenvalue weighted by Gasteiger charge is 2.36. The zero-order valence-electron chi connectivity index (χ0n) is 35.0. The topological polar surface area (TPSA) is 121 Å². The molecule has 4 atom stereocenters. The third-order valence-electron chi connectivity index (χ3n) is 10.1. The molecule has 0 aromatic heterocycles. The lowest BCUT2D eigenvalue weighted by molar-refractivity contribution is -0.870. The summed E-state index contributed by atoms with van der Waals surface area (Å²) in [6.07, 6.45) is 31.5. The van der Waals surface area contributed by atoms with Crippen molar-refractivity contribution < 1.29 is 46.8 Å². The molecule has 0 spiro atoms. The van der Waals surface area contributed by atoms with Gasteiger partial charge in [-0.15, -0.1) is 0 Å². The third-order valence-corrected chi connectivity index (χ3v) is 11.0. The molecule has 0 amide bonds. The Kier molecular flexibility index (Phi) is 30.3. The first-order chi connectivity index (χ1) is 25.5. The Morgan fingerprint density at radius 1 is 0.604 bits per heavy atom. The fourth-order valence-electron chi connectivity index (χ4n) is 6.51. The van der Waals surface area contributed by atoms with Gasteiger partial charge in [-0.2, -0.15) is 0 Å². The smallest absolute Gasteiger partial charge is 0.462 e. The van der Waals surface area contributed by atoms with E-state index in [0.717, 1.165) is 51.4 Å². The van der Waals surface area contributed by atoms with Crippen LogP contribution in [-0.4, -0.2) is 87.1 Å². The molecule has 1 fully saturated rings. The molecule has 314 valence electrons. The molecule has 0 aromatic carbocycles. The second-order valence-corrected chi connectivity index (χ2v) is 17.9. The summed E-state index contributed by atoms with van der Waals surface area (Å²) in [6, 6.07) is 0. The van der Waals surface area contributed by atoms with E-state index >= 15 is 0 Å². The number of epoxide rings is 1. The predicted octanol–water partition coefficient (Wildman–Crippen LogP) is 11.0. The molecule has 1 rings (SSSR count). The second kappa shape index (κ2) is 32.1. The fourth-order valence-corrected chi connectivity index (χ4v) is 7.25. The molecule has 4 unspecified atom stereocenters. The van der Waals surface area contributed by atoms with Gasteiger partial charge in [0.05, 0.1) is 40.0 Å². The van der Waals surface area contributed by atoms with Gasteiger partial charge in [0.2, 0.25) is 0 Å².